The predicted octanol–water partition coefficient (Wildman–Crippen LogP) is 3.99. The molecule has 9 heteroatoms. The normalized spacial score (nSPS) is 11.2. The van der Waals surface area contributed by atoms with E-state index in [4.69, 9.17) is 4.98 Å². The van der Waals surface area contributed by atoms with Crippen molar-refractivity contribution in [2.45, 2.75) is 11.3 Å². The molecule has 0 saturated heterocycles. The highest BCUT2D eigenvalue weighted by Gasteiger charge is 2.11. The van der Waals surface area contributed by atoms with Gasteiger partial charge >= 0.3 is 0 Å². The quantitative estimate of drug-likeness (QED) is 0.423. The van der Waals surface area contributed by atoms with Crippen molar-refractivity contribution in [2.24, 2.45) is 7.05 Å². The Balaban J connectivity index is 0.00000280. The van der Waals surface area contributed by atoms with E-state index in [9.17, 15) is 8.42 Å². The second kappa shape index (κ2) is 9.54. The minimum Gasteiger partial charge on any atom is -0.345 e. The van der Waals surface area contributed by atoms with Crippen LogP contribution in [0.4, 0.5) is 11.6 Å². The molecule has 0 aliphatic heterocycles. The second-order valence-electron chi connectivity index (χ2n) is 6.48. The zero-order valence-electron chi connectivity index (χ0n) is 16.1. The second-order valence-corrected chi connectivity index (χ2v) is 9.40. The van der Waals surface area contributed by atoms with Crippen molar-refractivity contribution < 1.29 is 8.42 Å². The Bertz CT molecular complexity index is 1020. The summed E-state index contributed by atoms with van der Waals surface area (Å²) in [7, 11) is 0.880. The fraction of sp³-hybridized carbons (Fsp3) is 0.316. The van der Waals surface area contributed by atoms with Crippen LogP contribution in [-0.4, -0.2) is 43.6 Å². The Morgan fingerprint density at radius 1 is 1.14 bits per heavy atom. The molecule has 0 fully saturated rings. The molecule has 28 heavy (non-hydrogen) atoms. The van der Waals surface area contributed by atoms with Crippen molar-refractivity contribution in [3.8, 4) is 0 Å². The Hall–Kier alpha value is -1.90. The van der Waals surface area contributed by atoms with Crippen molar-refractivity contribution in [2.75, 3.05) is 35.2 Å². The van der Waals surface area contributed by atoms with Gasteiger partial charge in [-0.2, -0.15) is 0 Å². The van der Waals surface area contributed by atoms with Gasteiger partial charge in [0.05, 0.1) is 17.3 Å². The fourth-order valence-corrected chi connectivity index (χ4v) is 4.30. The molecule has 0 amide bonds. The van der Waals surface area contributed by atoms with Crippen LogP contribution in [0.2, 0.25) is 0 Å². The highest BCUT2D eigenvalue weighted by atomic mass is 35.5. The van der Waals surface area contributed by atoms with Gasteiger partial charge in [0.1, 0.15) is 0 Å². The fourth-order valence-electron chi connectivity index (χ4n) is 2.90. The van der Waals surface area contributed by atoms with E-state index in [-0.39, 0.29) is 12.4 Å². The van der Waals surface area contributed by atoms with E-state index in [2.05, 4.69) is 27.3 Å². The van der Waals surface area contributed by atoms with E-state index in [1.54, 1.807) is 23.9 Å². The average Bonchev–Trinajstić information content (AvgIpc) is 2.96. The summed E-state index contributed by atoms with van der Waals surface area (Å²) in [6.45, 7) is 0.915. The number of thioether (sulfide) groups is 1. The summed E-state index contributed by atoms with van der Waals surface area (Å²) < 4.78 is 27.1. The van der Waals surface area contributed by atoms with Gasteiger partial charge in [0.2, 0.25) is 16.0 Å². The first kappa shape index (κ1) is 22.4. The summed E-state index contributed by atoms with van der Waals surface area (Å²) in [5, 5.41) is 0. The van der Waals surface area contributed by atoms with Crippen molar-refractivity contribution in [1.29, 1.82) is 0 Å². The maximum atomic E-state index is 11.2. The Kier molecular flexibility index (Phi) is 7.63. The lowest BCUT2D eigenvalue weighted by atomic mass is 10.3. The van der Waals surface area contributed by atoms with Crippen molar-refractivity contribution in [3.05, 3.63) is 48.5 Å². The molecule has 3 aromatic rings. The van der Waals surface area contributed by atoms with E-state index < -0.39 is 10.0 Å². The first-order chi connectivity index (χ1) is 12.8. The van der Waals surface area contributed by atoms with Crippen LogP contribution >= 0.6 is 24.2 Å². The molecule has 0 aliphatic rings. The van der Waals surface area contributed by atoms with Gasteiger partial charge in [-0.1, -0.05) is 12.1 Å². The van der Waals surface area contributed by atoms with Crippen LogP contribution in [0.1, 0.15) is 6.42 Å². The maximum Gasteiger partial charge on any atom is 0.229 e. The first-order valence-electron chi connectivity index (χ1n) is 8.67. The van der Waals surface area contributed by atoms with Gasteiger partial charge < -0.3 is 9.47 Å². The molecule has 2 aromatic carbocycles. The number of halogens is 1. The standard InChI is InChI=1S/C19H24N4O2S2.ClH/c1-22(19-20-17-7-4-5-8-18(17)23(19)2)13-6-14-26-16-11-9-15(10-12-16)21-27(3,24)25;/h4-5,7-12,21H,6,13-14H2,1-3H3;1H. The summed E-state index contributed by atoms with van der Waals surface area (Å²) >= 11 is 1.76. The zero-order chi connectivity index (χ0) is 19.4. The highest BCUT2D eigenvalue weighted by molar-refractivity contribution is 7.99. The van der Waals surface area contributed by atoms with Crippen LogP contribution in [-0.2, 0) is 17.1 Å². The molecular weight excluding hydrogens is 416 g/mol. The smallest absolute Gasteiger partial charge is 0.229 e. The lowest BCUT2D eigenvalue weighted by Crippen LogP contribution is -2.22. The molecule has 3 rings (SSSR count). The number of hydrogen-bond acceptors (Lipinski definition) is 5. The van der Waals surface area contributed by atoms with Gasteiger partial charge in [0.15, 0.2) is 0 Å². The van der Waals surface area contributed by atoms with Crippen molar-refractivity contribution in [1.82, 2.24) is 9.55 Å². The molecule has 0 radical (unpaired) electrons. The minimum absolute atomic E-state index is 0. The summed E-state index contributed by atoms with van der Waals surface area (Å²) in [5.41, 5.74) is 2.74. The molecule has 0 aliphatic carbocycles. The SMILES string of the molecule is CN(CCCSc1ccc(NS(C)(=O)=O)cc1)c1nc2ccccc2n1C.Cl. The summed E-state index contributed by atoms with van der Waals surface area (Å²) in [4.78, 5) is 8.02. The number of sulfonamides is 1. The van der Waals surface area contributed by atoms with Crippen LogP contribution in [0.15, 0.2) is 53.4 Å². The third-order valence-electron chi connectivity index (χ3n) is 4.17. The van der Waals surface area contributed by atoms with Crippen molar-refractivity contribution >= 4 is 56.9 Å². The predicted molar refractivity (Wildman–Crippen MR) is 121 cm³/mol. The number of imidazole rings is 1. The van der Waals surface area contributed by atoms with Gasteiger partial charge in [-0.25, -0.2) is 13.4 Å². The molecule has 0 bridgehead atoms. The Morgan fingerprint density at radius 3 is 2.46 bits per heavy atom. The Labute approximate surface area is 176 Å². The zero-order valence-corrected chi connectivity index (χ0v) is 18.6. The lowest BCUT2D eigenvalue weighted by Gasteiger charge is -2.18. The largest absolute Gasteiger partial charge is 0.345 e. The van der Waals surface area contributed by atoms with E-state index in [1.807, 2.05) is 37.4 Å². The number of hydrogen-bond donors (Lipinski definition) is 1. The van der Waals surface area contributed by atoms with Gasteiger partial charge in [0, 0.05) is 31.2 Å². The van der Waals surface area contributed by atoms with E-state index in [0.717, 1.165) is 46.9 Å². The van der Waals surface area contributed by atoms with E-state index in [0.29, 0.717) is 5.69 Å². The number of rotatable bonds is 8. The molecule has 1 heterocycles. The molecular formula is C19H25ClN4O2S2. The van der Waals surface area contributed by atoms with Gasteiger partial charge in [-0.05, 0) is 48.6 Å². The third kappa shape index (κ3) is 5.80. The molecule has 1 aromatic heterocycles. The molecule has 152 valence electrons. The number of aromatic nitrogens is 2. The number of aryl methyl sites for hydroxylation is 1. The molecule has 0 atom stereocenters. The lowest BCUT2D eigenvalue weighted by molar-refractivity contribution is 0.607. The highest BCUT2D eigenvalue weighted by Crippen LogP contribution is 2.23. The van der Waals surface area contributed by atoms with E-state index in [1.165, 1.54) is 0 Å². The van der Waals surface area contributed by atoms with Crippen LogP contribution < -0.4 is 9.62 Å². The van der Waals surface area contributed by atoms with Gasteiger partial charge in [-0.3, -0.25) is 4.72 Å². The van der Waals surface area contributed by atoms with Gasteiger partial charge in [0.25, 0.3) is 0 Å². The van der Waals surface area contributed by atoms with Gasteiger partial charge in [-0.15, -0.1) is 24.2 Å². The first-order valence-corrected chi connectivity index (χ1v) is 11.5. The third-order valence-corrected chi connectivity index (χ3v) is 5.87. The van der Waals surface area contributed by atoms with Crippen LogP contribution in [0.5, 0.6) is 0 Å². The number of nitrogens with zero attached hydrogens (tertiary/aromatic N) is 3. The molecule has 0 saturated carbocycles. The van der Waals surface area contributed by atoms with Crippen LogP contribution in [0.25, 0.3) is 11.0 Å². The number of anilines is 2. The Morgan fingerprint density at radius 2 is 1.82 bits per heavy atom. The van der Waals surface area contributed by atoms with Crippen LogP contribution in [0, 0.1) is 0 Å². The number of nitrogens with one attached hydrogen (secondary N) is 1. The summed E-state index contributed by atoms with van der Waals surface area (Å²) in [6, 6.07) is 15.6. The van der Waals surface area contributed by atoms with Crippen molar-refractivity contribution in [3.63, 3.8) is 0 Å². The summed E-state index contributed by atoms with van der Waals surface area (Å²) in [5.74, 6) is 1.95. The monoisotopic (exact) mass is 440 g/mol. The summed E-state index contributed by atoms with van der Waals surface area (Å²) in [6.07, 6.45) is 2.17. The molecule has 1 N–H and O–H groups in total. The average molecular weight is 441 g/mol. The topological polar surface area (TPSA) is 67.2 Å². The number of fused-ring (bicyclic) bond motifs is 1. The maximum absolute atomic E-state index is 11.2. The van der Waals surface area contributed by atoms with E-state index >= 15 is 0 Å². The number of para-hydroxylation sites is 2. The molecule has 6 nitrogen and oxygen atoms in total. The molecule has 0 unspecified atom stereocenters. The minimum atomic E-state index is -3.23. The number of benzene rings is 2. The molecule has 0 spiro atoms. The van der Waals surface area contributed by atoms with Crippen LogP contribution in [0.3, 0.4) is 0 Å².